The average molecular weight is 238 g/mol. The van der Waals surface area contributed by atoms with E-state index in [0.717, 1.165) is 19.5 Å². The fourth-order valence-electron chi connectivity index (χ4n) is 1.63. The van der Waals surface area contributed by atoms with Gasteiger partial charge in [0.2, 0.25) is 0 Å². The highest BCUT2D eigenvalue weighted by molar-refractivity contribution is 5.93. The van der Waals surface area contributed by atoms with Crippen molar-refractivity contribution in [2.75, 3.05) is 32.9 Å². The molecule has 17 heavy (non-hydrogen) atoms. The third kappa shape index (κ3) is 4.11. The van der Waals surface area contributed by atoms with Crippen molar-refractivity contribution in [2.45, 2.75) is 19.9 Å². The summed E-state index contributed by atoms with van der Waals surface area (Å²) in [4.78, 5) is 14.0. The molecule has 0 aliphatic heterocycles. The average Bonchev–Trinajstić information content (AvgIpc) is 2.59. The van der Waals surface area contributed by atoms with Gasteiger partial charge in [-0.15, -0.1) is 0 Å². The normalized spacial score (nSPS) is 10.8. The molecule has 1 amide bonds. The van der Waals surface area contributed by atoms with E-state index in [4.69, 9.17) is 5.73 Å². The Morgan fingerprint density at radius 1 is 1.53 bits per heavy atom. The van der Waals surface area contributed by atoms with Gasteiger partial charge < -0.3 is 20.5 Å². The highest BCUT2D eigenvalue weighted by Crippen LogP contribution is 2.11. The van der Waals surface area contributed by atoms with Crippen LogP contribution < -0.4 is 11.1 Å². The van der Waals surface area contributed by atoms with Crippen LogP contribution in [0.5, 0.6) is 0 Å². The third-order valence-corrected chi connectivity index (χ3v) is 2.46. The van der Waals surface area contributed by atoms with Gasteiger partial charge in [0.05, 0.1) is 5.69 Å². The lowest BCUT2D eigenvalue weighted by atomic mass is 10.3. The first kappa shape index (κ1) is 13.6. The Morgan fingerprint density at radius 2 is 2.24 bits per heavy atom. The fraction of sp³-hybridized carbons (Fsp3) is 0.583. The van der Waals surface area contributed by atoms with Crippen LogP contribution in [0.25, 0.3) is 0 Å². The Labute approximate surface area is 103 Å². The zero-order valence-electron chi connectivity index (χ0n) is 10.9. The zero-order chi connectivity index (χ0) is 12.8. The van der Waals surface area contributed by atoms with Crippen molar-refractivity contribution in [1.29, 1.82) is 0 Å². The SMILES string of the molecule is CCCn1cc(N)cc1C(=O)NCCN(C)C. The van der Waals surface area contributed by atoms with Crippen LogP contribution in [0.15, 0.2) is 12.3 Å². The maximum atomic E-state index is 11.9. The second-order valence-electron chi connectivity index (χ2n) is 4.41. The van der Waals surface area contributed by atoms with Gasteiger partial charge in [-0.05, 0) is 26.6 Å². The number of hydrogen-bond donors (Lipinski definition) is 2. The predicted octanol–water partition coefficient (Wildman–Crippen LogP) is 0.772. The van der Waals surface area contributed by atoms with Gasteiger partial charge in [0, 0.05) is 25.8 Å². The summed E-state index contributed by atoms with van der Waals surface area (Å²) in [6.07, 6.45) is 2.79. The monoisotopic (exact) mass is 238 g/mol. The van der Waals surface area contributed by atoms with Gasteiger partial charge in [-0.25, -0.2) is 0 Å². The first-order valence-corrected chi connectivity index (χ1v) is 5.93. The highest BCUT2D eigenvalue weighted by atomic mass is 16.1. The van der Waals surface area contributed by atoms with Gasteiger partial charge in [-0.2, -0.15) is 0 Å². The van der Waals surface area contributed by atoms with E-state index < -0.39 is 0 Å². The van der Waals surface area contributed by atoms with E-state index in [-0.39, 0.29) is 5.91 Å². The molecular weight excluding hydrogens is 216 g/mol. The van der Waals surface area contributed by atoms with Crippen molar-refractivity contribution in [1.82, 2.24) is 14.8 Å². The summed E-state index contributed by atoms with van der Waals surface area (Å²) in [6, 6.07) is 1.72. The van der Waals surface area contributed by atoms with E-state index in [2.05, 4.69) is 12.2 Å². The Balaban J connectivity index is 2.61. The molecule has 0 spiro atoms. The lowest BCUT2D eigenvalue weighted by Gasteiger charge is -2.11. The molecule has 0 bridgehead atoms. The van der Waals surface area contributed by atoms with E-state index in [1.165, 1.54) is 0 Å². The predicted molar refractivity (Wildman–Crippen MR) is 70.0 cm³/mol. The maximum Gasteiger partial charge on any atom is 0.268 e. The van der Waals surface area contributed by atoms with E-state index in [0.29, 0.717) is 17.9 Å². The molecule has 1 rings (SSSR count). The highest BCUT2D eigenvalue weighted by Gasteiger charge is 2.11. The second kappa shape index (κ2) is 6.30. The lowest BCUT2D eigenvalue weighted by Crippen LogP contribution is -2.32. The van der Waals surface area contributed by atoms with Crippen LogP contribution in [0.2, 0.25) is 0 Å². The number of nitrogens with zero attached hydrogens (tertiary/aromatic N) is 2. The van der Waals surface area contributed by atoms with Crippen molar-refractivity contribution >= 4 is 11.6 Å². The first-order chi connectivity index (χ1) is 8.04. The molecule has 1 heterocycles. The Kier molecular flexibility index (Phi) is 5.03. The van der Waals surface area contributed by atoms with Crippen molar-refractivity contribution in [2.24, 2.45) is 0 Å². The summed E-state index contributed by atoms with van der Waals surface area (Å²) in [5.41, 5.74) is 6.99. The van der Waals surface area contributed by atoms with Gasteiger partial charge in [0.15, 0.2) is 0 Å². The molecule has 0 radical (unpaired) electrons. The van der Waals surface area contributed by atoms with Crippen LogP contribution in [0.1, 0.15) is 23.8 Å². The molecule has 0 atom stereocenters. The van der Waals surface area contributed by atoms with Gasteiger partial charge in [-0.3, -0.25) is 4.79 Å². The number of aryl methyl sites for hydroxylation is 1. The Bertz CT molecular complexity index is 371. The molecule has 0 aromatic carbocycles. The number of aromatic nitrogens is 1. The standard InChI is InChI=1S/C12H22N4O/c1-4-6-16-9-10(13)8-11(16)12(17)14-5-7-15(2)3/h8-9H,4-7,13H2,1-3H3,(H,14,17). The van der Waals surface area contributed by atoms with Crippen LogP contribution in [0.4, 0.5) is 5.69 Å². The summed E-state index contributed by atoms with van der Waals surface area (Å²) < 4.78 is 1.90. The number of likely N-dealkylation sites (N-methyl/N-ethyl adjacent to an activating group) is 1. The molecular formula is C12H22N4O. The van der Waals surface area contributed by atoms with E-state index >= 15 is 0 Å². The smallest absolute Gasteiger partial charge is 0.268 e. The molecule has 0 aliphatic rings. The number of nitrogen functional groups attached to an aromatic ring is 1. The topological polar surface area (TPSA) is 63.3 Å². The van der Waals surface area contributed by atoms with Gasteiger partial charge in [-0.1, -0.05) is 6.92 Å². The first-order valence-electron chi connectivity index (χ1n) is 5.93. The molecule has 5 heteroatoms. The Morgan fingerprint density at radius 3 is 2.82 bits per heavy atom. The largest absolute Gasteiger partial charge is 0.397 e. The van der Waals surface area contributed by atoms with Crippen LogP contribution >= 0.6 is 0 Å². The van der Waals surface area contributed by atoms with E-state index in [9.17, 15) is 4.79 Å². The van der Waals surface area contributed by atoms with E-state index in [1.54, 1.807) is 6.07 Å². The van der Waals surface area contributed by atoms with Crippen LogP contribution in [0.3, 0.4) is 0 Å². The maximum absolute atomic E-state index is 11.9. The molecule has 1 aromatic heterocycles. The number of hydrogen-bond acceptors (Lipinski definition) is 3. The van der Waals surface area contributed by atoms with Crippen LogP contribution in [0, 0.1) is 0 Å². The third-order valence-electron chi connectivity index (χ3n) is 2.46. The summed E-state index contributed by atoms with van der Waals surface area (Å²) in [5, 5.41) is 2.89. The molecule has 0 saturated carbocycles. The molecule has 0 unspecified atom stereocenters. The molecule has 0 aliphatic carbocycles. The number of carbonyl (C=O) groups excluding carboxylic acids is 1. The number of nitrogens with one attached hydrogen (secondary N) is 1. The molecule has 5 nitrogen and oxygen atoms in total. The molecule has 0 saturated heterocycles. The zero-order valence-corrected chi connectivity index (χ0v) is 10.9. The van der Waals surface area contributed by atoms with E-state index in [1.807, 2.05) is 29.8 Å². The summed E-state index contributed by atoms with van der Waals surface area (Å²) in [6.45, 7) is 4.36. The number of nitrogens with two attached hydrogens (primary N) is 1. The summed E-state index contributed by atoms with van der Waals surface area (Å²) in [5.74, 6) is -0.0583. The van der Waals surface area contributed by atoms with Crippen molar-refractivity contribution in [3.05, 3.63) is 18.0 Å². The summed E-state index contributed by atoms with van der Waals surface area (Å²) in [7, 11) is 3.95. The van der Waals surface area contributed by atoms with Gasteiger partial charge >= 0.3 is 0 Å². The van der Waals surface area contributed by atoms with Crippen LogP contribution in [-0.2, 0) is 6.54 Å². The minimum atomic E-state index is -0.0583. The molecule has 96 valence electrons. The Hall–Kier alpha value is -1.49. The van der Waals surface area contributed by atoms with Gasteiger partial charge in [0.1, 0.15) is 5.69 Å². The number of rotatable bonds is 6. The van der Waals surface area contributed by atoms with Crippen LogP contribution in [-0.4, -0.2) is 42.6 Å². The van der Waals surface area contributed by atoms with Gasteiger partial charge in [0.25, 0.3) is 5.91 Å². The minimum Gasteiger partial charge on any atom is -0.397 e. The number of anilines is 1. The molecule has 0 fully saturated rings. The number of amides is 1. The quantitative estimate of drug-likeness (QED) is 0.769. The summed E-state index contributed by atoms with van der Waals surface area (Å²) >= 11 is 0. The number of carbonyl (C=O) groups is 1. The second-order valence-corrected chi connectivity index (χ2v) is 4.41. The van der Waals surface area contributed by atoms with Crippen molar-refractivity contribution < 1.29 is 4.79 Å². The fourth-order valence-corrected chi connectivity index (χ4v) is 1.63. The minimum absolute atomic E-state index is 0.0583. The van der Waals surface area contributed by atoms with Crippen molar-refractivity contribution in [3.63, 3.8) is 0 Å². The molecule has 1 aromatic rings. The molecule has 3 N–H and O–H groups in total. The lowest BCUT2D eigenvalue weighted by molar-refractivity contribution is 0.0941. The van der Waals surface area contributed by atoms with Crippen molar-refractivity contribution in [3.8, 4) is 0 Å².